The van der Waals surface area contributed by atoms with Crippen LogP contribution in [0.15, 0.2) is 11.6 Å². The maximum Gasteiger partial charge on any atom is 0.342 e. The Morgan fingerprint density at radius 2 is 1.97 bits per heavy atom. The van der Waals surface area contributed by atoms with Crippen molar-refractivity contribution in [1.82, 2.24) is 0 Å². The van der Waals surface area contributed by atoms with E-state index in [2.05, 4.69) is 0 Å². The van der Waals surface area contributed by atoms with Crippen LogP contribution < -0.4 is 4.74 Å². The van der Waals surface area contributed by atoms with Gasteiger partial charge < -0.3 is 19.3 Å². The molecule has 0 amide bonds. The topological polar surface area (TPSA) is 82.1 Å². The number of carbonyl (C=O) groups excluding carboxylic acids is 2. The molecule has 1 saturated carbocycles. The standard InChI is InChI=1S/C23H30O6/c1-5-28-22(25)16-9-7-6-8-15(16)13(2)10-11-17-20(24)19-18(12-29-23(19)26)14(3)21(17)27-4/h10,15-16,24H,5-9,11-12H2,1-4H3/t15?,16-/m1/s1. The van der Waals surface area contributed by atoms with Crippen LogP contribution >= 0.6 is 0 Å². The van der Waals surface area contributed by atoms with Gasteiger partial charge in [-0.3, -0.25) is 4.79 Å². The molecule has 1 aromatic carbocycles. The molecule has 2 atom stereocenters. The van der Waals surface area contributed by atoms with E-state index in [1.807, 2.05) is 26.8 Å². The number of hydrogen-bond acceptors (Lipinski definition) is 6. The van der Waals surface area contributed by atoms with Gasteiger partial charge in [0.05, 0.1) is 19.6 Å². The van der Waals surface area contributed by atoms with Crippen LogP contribution in [0, 0.1) is 18.8 Å². The Bertz CT molecular complexity index is 839. The van der Waals surface area contributed by atoms with E-state index in [4.69, 9.17) is 14.2 Å². The molecule has 1 N–H and O–H groups in total. The van der Waals surface area contributed by atoms with Crippen molar-refractivity contribution in [2.45, 2.75) is 59.5 Å². The van der Waals surface area contributed by atoms with E-state index in [1.54, 1.807) is 7.11 Å². The molecule has 1 heterocycles. The Labute approximate surface area is 171 Å². The minimum Gasteiger partial charge on any atom is -0.507 e. The molecule has 0 saturated heterocycles. The summed E-state index contributed by atoms with van der Waals surface area (Å²) in [5.41, 5.74) is 3.42. The number of benzene rings is 1. The first-order valence-corrected chi connectivity index (χ1v) is 10.3. The summed E-state index contributed by atoms with van der Waals surface area (Å²) in [6.07, 6.45) is 6.36. The lowest BCUT2D eigenvalue weighted by molar-refractivity contribution is -0.150. The van der Waals surface area contributed by atoms with E-state index in [-0.39, 0.29) is 35.7 Å². The summed E-state index contributed by atoms with van der Waals surface area (Å²) in [7, 11) is 1.56. The van der Waals surface area contributed by atoms with E-state index in [9.17, 15) is 14.7 Å². The lowest BCUT2D eigenvalue weighted by Gasteiger charge is -2.30. The molecular weight excluding hydrogens is 372 g/mol. The predicted molar refractivity (Wildman–Crippen MR) is 108 cm³/mol. The second-order valence-corrected chi connectivity index (χ2v) is 7.82. The molecule has 29 heavy (non-hydrogen) atoms. The number of carbonyl (C=O) groups is 2. The summed E-state index contributed by atoms with van der Waals surface area (Å²) in [6.45, 7) is 6.27. The lowest BCUT2D eigenvalue weighted by atomic mass is 9.75. The van der Waals surface area contributed by atoms with E-state index >= 15 is 0 Å². The van der Waals surface area contributed by atoms with Crippen molar-refractivity contribution in [1.29, 1.82) is 0 Å². The fourth-order valence-corrected chi connectivity index (χ4v) is 4.65. The van der Waals surface area contributed by atoms with Crippen molar-refractivity contribution in [3.63, 3.8) is 0 Å². The number of methoxy groups -OCH3 is 1. The maximum absolute atomic E-state index is 12.4. The molecule has 0 spiro atoms. The third-order valence-corrected chi connectivity index (χ3v) is 6.22. The Morgan fingerprint density at radius 3 is 2.62 bits per heavy atom. The van der Waals surface area contributed by atoms with Crippen LogP contribution in [0.2, 0.25) is 0 Å². The molecule has 1 aliphatic heterocycles. The third-order valence-electron chi connectivity index (χ3n) is 6.22. The van der Waals surface area contributed by atoms with E-state index < -0.39 is 5.97 Å². The highest BCUT2D eigenvalue weighted by molar-refractivity contribution is 5.98. The molecule has 6 nitrogen and oxygen atoms in total. The van der Waals surface area contributed by atoms with Crippen LogP contribution in [0.4, 0.5) is 0 Å². The highest BCUT2D eigenvalue weighted by Gasteiger charge is 2.34. The molecule has 1 fully saturated rings. The zero-order valence-electron chi connectivity index (χ0n) is 17.7. The molecular formula is C23H30O6. The first-order chi connectivity index (χ1) is 13.9. The zero-order valence-corrected chi connectivity index (χ0v) is 17.7. The summed E-state index contributed by atoms with van der Waals surface area (Å²) in [5, 5.41) is 10.8. The van der Waals surface area contributed by atoms with Crippen molar-refractivity contribution in [2.24, 2.45) is 11.8 Å². The third kappa shape index (κ3) is 3.98. The summed E-state index contributed by atoms with van der Waals surface area (Å²) >= 11 is 0. The Balaban J connectivity index is 1.90. The van der Waals surface area contributed by atoms with Crippen LogP contribution in [0.3, 0.4) is 0 Å². The van der Waals surface area contributed by atoms with E-state index in [1.165, 1.54) is 0 Å². The number of allylic oxidation sites excluding steroid dienone is 2. The first-order valence-electron chi connectivity index (χ1n) is 10.3. The molecule has 1 aromatic rings. The van der Waals surface area contributed by atoms with Crippen molar-refractivity contribution in [2.75, 3.05) is 13.7 Å². The highest BCUT2D eigenvalue weighted by atomic mass is 16.5. The van der Waals surface area contributed by atoms with Gasteiger partial charge in [-0.05, 0) is 51.5 Å². The number of fused-ring (bicyclic) bond motifs is 1. The smallest absolute Gasteiger partial charge is 0.342 e. The number of esters is 2. The summed E-state index contributed by atoms with van der Waals surface area (Å²) in [4.78, 5) is 24.5. The van der Waals surface area contributed by atoms with Crippen LogP contribution in [0.5, 0.6) is 11.5 Å². The second-order valence-electron chi connectivity index (χ2n) is 7.82. The first kappa shape index (κ1) is 21.2. The van der Waals surface area contributed by atoms with Crippen LogP contribution in [-0.4, -0.2) is 30.8 Å². The molecule has 3 rings (SSSR count). The number of cyclic esters (lactones) is 1. The van der Waals surface area contributed by atoms with Crippen molar-refractivity contribution in [3.05, 3.63) is 33.9 Å². The largest absolute Gasteiger partial charge is 0.507 e. The van der Waals surface area contributed by atoms with Crippen LogP contribution in [-0.2, 0) is 27.3 Å². The van der Waals surface area contributed by atoms with Crippen LogP contribution in [0.25, 0.3) is 0 Å². The Morgan fingerprint density at radius 1 is 1.28 bits per heavy atom. The number of hydrogen-bond donors (Lipinski definition) is 1. The number of aromatic hydroxyl groups is 1. The normalized spacial score (nSPS) is 21.5. The van der Waals surface area contributed by atoms with Gasteiger partial charge in [0.1, 0.15) is 23.7 Å². The van der Waals surface area contributed by atoms with Crippen molar-refractivity contribution < 1.29 is 28.9 Å². The summed E-state index contributed by atoms with van der Waals surface area (Å²) < 4.78 is 15.9. The molecule has 6 heteroatoms. The van der Waals surface area contributed by atoms with Crippen LogP contribution in [0.1, 0.15) is 66.6 Å². The molecule has 0 aromatic heterocycles. The Hall–Kier alpha value is -2.50. The van der Waals surface area contributed by atoms with Gasteiger partial charge in [-0.15, -0.1) is 0 Å². The molecule has 0 bridgehead atoms. The van der Waals surface area contributed by atoms with Gasteiger partial charge in [0.25, 0.3) is 0 Å². The summed E-state index contributed by atoms with van der Waals surface area (Å²) in [5.74, 6) is -0.0984. The van der Waals surface area contributed by atoms with E-state index in [0.29, 0.717) is 29.9 Å². The molecule has 2 aliphatic rings. The van der Waals surface area contributed by atoms with Gasteiger partial charge in [-0.25, -0.2) is 4.79 Å². The Kier molecular flexibility index (Phi) is 6.50. The molecule has 1 aliphatic carbocycles. The molecule has 0 radical (unpaired) electrons. The van der Waals surface area contributed by atoms with Gasteiger partial charge in [-0.1, -0.05) is 24.5 Å². The minimum absolute atomic E-state index is 0.0698. The number of rotatable bonds is 6. The van der Waals surface area contributed by atoms with Gasteiger partial charge in [0, 0.05) is 11.1 Å². The SMILES string of the molecule is CCOC(=O)[C@@H]1CCCCC1C(C)=CCc1c(O)c2c(c(C)c1OC)COC2=O. The van der Waals surface area contributed by atoms with Crippen molar-refractivity contribution in [3.8, 4) is 11.5 Å². The monoisotopic (exact) mass is 402 g/mol. The zero-order chi connectivity index (χ0) is 21.1. The van der Waals surface area contributed by atoms with E-state index in [0.717, 1.165) is 36.8 Å². The average Bonchev–Trinajstić information content (AvgIpc) is 3.11. The van der Waals surface area contributed by atoms with Gasteiger partial charge in [0.15, 0.2) is 0 Å². The average molecular weight is 402 g/mol. The fraction of sp³-hybridized carbons (Fsp3) is 0.565. The lowest BCUT2D eigenvalue weighted by Crippen LogP contribution is -2.29. The number of phenols is 1. The van der Waals surface area contributed by atoms with Crippen molar-refractivity contribution >= 4 is 11.9 Å². The molecule has 158 valence electrons. The predicted octanol–water partition coefficient (Wildman–Crippen LogP) is 4.24. The second kappa shape index (κ2) is 8.89. The van der Waals surface area contributed by atoms with Gasteiger partial charge in [-0.2, -0.15) is 0 Å². The molecule has 1 unspecified atom stereocenters. The quantitative estimate of drug-likeness (QED) is 0.566. The highest BCUT2D eigenvalue weighted by Crippen LogP contribution is 2.42. The maximum atomic E-state index is 12.4. The van der Waals surface area contributed by atoms with Gasteiger partial charge in [0.2, 0.25) is 0 Å². The fourth-order valence-electron chi connectivity index (χ4n) is 4.65. The summed E-state index contributed by atoms with van der Waals surface area (Å²) in [6, 6.07) is 0. The number of ether oxygens (including phenoxy) is 3. The van der Waals surface area contributed by atoms with Gasteiger partial charge >= 0.3 is 11.9 Å². The minimum atomic E-state index is -0.500. The number of phenolic OH excluding ortho intramolecular Hbond substituents is 1.